The number of allylic oxidation sites excluding steroid dienone is 4. The molecule has 0 bridgehead atoms. The first kappa shape index (κ1) is 26.7. The molecule has 1 atom stereocenters. The molecule has 1 unspecified atom stereocenters. The van der Waals surface area contributed by atoms with E-state index in [1.165, 1.54) is 11.1 Å². The molecule has 5 heteroatoms. The molecule has 0 aliphatic heterocycles. The van der Waals surface area contributed by atoms with E-state index in [0.717, 1.165) is 0 Å². The minimum absolute atomic E-state index is 0. The number of aryl methyl sites for hydroxylation is 2. The van der Waals surface area contributed by atoms with Gasteiger partial charge in [-0.3, -0.25) is 0 Å². The van der Waals surface area contributed by atoms with Gasteiger partial charge in [0.1, 0.15) is 0 Å². The first-order chi connectivity index (χ1) is 9.63. The number of halogens is 3. The molecular weight excluding hydrogens is 411 g/mol. The molecule has 24 heavy (non-hydrogen) atoms. The summed E-state index contributed by atoms with van der Waals surface area (Å²) in [4.78, 5) is 0. The molecule has 0 radical (unpaired) electrons. The molecule has 0 heterocycles. The SMILES string of the molecule is CC1=C(C)C(C)[C]([Ti][Si](C)(C)c2cc(C)cc(C)c2)=C1C.Cl.Cl.Cl. The predicted molar refractivity (Wildman–Crippen MR) is 115 cm³/mol. The summed E-state index contributed by atoms with van der Waals surface area (Å²) < 4.78 is 1.82. The first-order valence-electron chi connectivity index (χ1n) is 7.89. The summed E-state index contributed by atoms with van der Waals surface area (Å²) in [7, 11) is 0. The smallest absolute Gasteiger partial charge is 0.147 e. The average molecular weight is 442 g/mol. The zero-order valence-electron chi connectivity index (χ0n) is 16.0. The third-order valence-corrected chi connectivity index (χ3v) is 14.5. The van der Waals surface area contributed by atoms with Crippen LogP contribution in [0.5, 0.6) is 0 Å². The largest absolute Gasteiger partial charge is 0.147 e. The molecule has 0 amide bonds. The fourth-order valence-electron chi connectivity index (χ4n) is 3.31. The van der Waals surface area contributed by atoms with Gasteiger partial charge in [0.25, 0.3) is 0 Å². The topological polar surface area (TPSA) is 0 Å². The maximum Gasteiger partial charge on any atom is -0.147 e. The molecule has 1 aliphatic rings. The van der Waals surface area contributed by atoms with Gasteiger partial charge in [0, 0.05) is 0 Å². The summed E-state index contributed by atoms with van der Waals surface area (Å²) in [6.07, 6.45) is 0. The van der Waals surface area contributed by atoms with E-state index in [9.17, 15) is 0 Å². The monoisotopic (exact) mass is 440 g/mol. The van der Waals surface area contributed by atoms with Crippen LogP contribution in [0.4, 0.5) is 0 Å². The van der Waals surface area contributed by atoms with Gasteiger partial charge in [-0.2, -0.15) is 0 Å². The second kappa shape index (κ2) is 10.00. The Morgan fingerprint density at radius 1 is 0.792 bits per heavy atom. The maximum atomic E-state index is 2.58. The van der Waals surface area contributed by atoms with Crippen molar-refractivity contribution in [3.05, 3.63) is 49.9 Å². The summed E-state index contributed by atoms with van der Waals surface area (Å²) in [5.74, 6) is -0.613. The third-order valence-electron chi connectivity index (χ3n) is 5.03. The summed E-state index contributed by atoms with van der Waals surface area (Å²) in [5.41, 5.74) is 7.63. The summed E-state index contributed by atoms with van der Waals surface area (Å²) >= 11 is -0.0477. The number of hydrogen-bond acceptors (Lipinski definition) is 0. The Labute approximate surface area is 176 Å². The van der Waals surface area contributed by atoms with Gasteiger partial charge in [-0.25, -0.2) is 0 Å². The quantitative estimate of drug-likeness (QED) is 0.481. The molecule has 0 N–H and O–H groups in total. The summed E-state index contributed by atoms with van der Waals surface area (Å²) in [5, 5.41) is 1.66. The molecule has 0 saturated carbocycles. The van der Waals surface area contributed by atoms with Gasteiger partial charge < -0.3 is 0 Å². The molecule has 136 valence electrons. The molecule has 1 aliphatic carbocycles. The molecular formula is C19H31Cl3SiTi. The summed E-state index contributed by atoms with van der Waals surface area (Å²) in [6, 6.07) is 7.20. The van der Waals surface area contributed by atoms with Crippen molar-refractivity contribution in [2.24, 2.45) is 5.92 Å². The van der Waals surface area contributed by atoms with Crippen LogP contribution >= 0.6 is 37.2 Å². The van der Waals surface area contributed by atoms with Gasteiger partial charge in [0.05, 0.1) is 0 Å². The Hall–Kier alpha value is 0.501. The first-order valence-corrected chi connectivity index (χ1v) is 14.0. The predicted octanol–water partition coefficient (Wildman–Crippen LogP) is 6.32. The standard InChI is InChI=1S/C10H15Si.C9H13.3ClH.Ti/c1-8-5-9(2)7-10(6-8)11(3)4;1-6-5-7(2)9(4)8(6)3;;;;/h5-7H,1-4H3;6H,1-4H3;3*1H;. The van der Waals surface area contributed by atoms with E-state index in [-0.39, 0.29) is 55.6 Å². The zero-order valence-corrected chi connectivity index (χ0v) is 21.0. The minimum atomic E-state index is -1.31. The molecule has 1 aromatic rings. The normalized spacial score (nSPS) is 17.1. The van der Waals surface area contributed by atoms with E-state index in [2.05, 4.69) is 72.8 Å². The van der Waals surface area contributed by atoms with Crippen LogP contribution in [0, 0.1) is 19.8 Å². The van der Waals surface area contributed by atoms with E-state index in [4.69, 9.17) is 0 Å². The van der Waals surface area contributed by atoms with Gasteiger partial charge in [-0.15, -0.1) is 37.2 Å². The van der Waals surface area contributed by atoms with Crippen LogP contribution in [-0.4, -0.2) is 5.94 Å². The molecule has 1 aromatic carbocycles. The Kier molecular flexibility index (Phi) is 11.1. The average Bonchev–Trinajstić information content (AvgIpc) is 2.55. The van der Waals surface area contributed by atoms with E-state index in [0.29, 0.717) is 5.92 Å². The van der Waals surface area contributed by atoms with Crippen LogP contribution in [-0.2, 0) is 18.4 Å². The van der Waals surface area contributed by atoms with Crippen molar-refractivity contribution in [3.8, 4) is 0 Å². The van der Waals surface area contributed by atoms with Crippen molar-refractivity contribution in [3.63, 3.8) is 0 Å². The number of hydrogen-bond donors (Lipinski definition) is 0. The van der Waals surface area contributed by atoms with E-state index in [1.807, 2.05) is 3.88 Å². The zero-order chi connectivity index (χ0) is 15.9. The molecule has 0 saturated heterocycles. The van der Waals surface area contributed by atoms with E-state index >= 15 is 0 Å². The van der Waals surface area contributed by atoms with Crippen molar-refractivity contribution in [2.75, 3.05) is 0 Å². The van der Waals surface area contributed by atoms with Crippen molar-refractivity contribution in [1.29, 1.82) is 0 Å². The van der Waals surface area contributed by atoms with Crippen molar-refractivity contribution in [2.45, 2.75) is 54.6 Å². The van der Waals surface area contributed by atoms with E-state index in [1.54, 1.807) is 21.9 Å². The maximum absolute atomic E-state index is 2.58. The van der Waals surface area contributed by atoms with Crippen LogP contribution in [0.1, 0.15) is 38.8 Å². The second-order valence-electron chi connectivity index (χ2n) is 7.19. The third kappa shape index (κ3) is 5.50. The Bertz CT molecular complexity index is 628. The van der Waals surface area contributed by atoms with Crippen LogP contribution in [0.15, 0.2) is 38.8 Å². The van der Waals surface area contributed by atoms with Crippen LogP contribution in [0.3, 0.4) is 0 Å². The molecule has 0 aromatic heterocycles. The minimum Gasteiger partial charge on any atom is -0.147 e. The van der Waals surface area contributed by atoms with Gasteiger partial charge >= 0.3 is 140 Å². The molecule has 0 fully saturated rings. The van der Waals surface area contributed by atoms with Crippen LogP contribution < -0.4 is 5.19 Å². The Morgan fingerprint density at radius 3 is 1.62 bits per heavy atom. The molecule has 0 spiro atoms. The number of benzene rings is 1. The van der Waals surface area contributed by atoms with Crippen molar-refractivity contribution in [1.82, 2.24) is 0 Å². The van der Waals surface area contributed by atoms with Crippen molar-refractivity contribution >= 4 is 48.3 Å². The van der Waals surface area contributed by atoms with Crippen LogP contribution in [0.2, 0.25) is 13.1 Å². The van der Waals surface area contributed by atoms with Gasteiger partial charge in [-0.05, 0) is 0 Å². The number of rotatable bonds is 3. The van der Waals surface area contributed by atoms with Crippen molar-refractivity contribution < 1.29 is 18.4 Å². The van der Waals surface area contributed by atoms with Crippen LogP contribution in [0.25, 0.3) is 0 Å². The Morgan fingerprint density at radius 2 is 1.25 bits per heavy atom. The fourth-order valence-corrected chi connectivity index (χ4v) is 12.7. The fraction of sp³-hybridized carbons (Fsp3) is 0.474. The Balaban J connectivity index is 0. The molecule has 0 nitrogen and oxygen atoms in total. The second-order valence-corrected chi connectivity index (χ2v) is 19.1. The van der Waals surface area contributed by atoms with E-state index < -0.39 is 5.94 Å². The van der Waals surface area contributed by atoms with Gasteiger partial charge in [0.15, 0.2) is 0 Å². The van der Waals surface area contributed by atoms with Gasteiger partial charge in [0.2, 0.25) is 0 Å². The van der Waals surface area contributed by atoms with Gasteiger partial charge in [-0.1, -0.05) is 0 Å². The molecule has 2 rings (SSSR count). The summed E-state index contributed by atoms with van der Waals surface area (Å²) in [6.45, 7) is 19.0.